The van der Waals surface area contributed by atoms with Crippen LogP contribution in [0.4, 0.5) is 0 Å². The molecule has 0 saturated heterocycles. The number of para-hydroxylation sites is 1. The summed E-state index contributed by atoms with van der Waals surface area (Å²) in [5, 5.41) is 8.58. The molecule has 0 saturated carbocycles. The van der Waals surface area contributed by atoms with Crippen LogP contribution in [0, 0.1) is 5.92 Å². The average Bonchev–Trinajstić information content (AvgIpc) is 2.91. The zero-order chi connectivity index (χ0) is 16.2. The lowest BCUT2D eigenvalue weighted by Gasteiger charge is -2.06. The molecular formula is C17H19N5O. The summed E-state index contributed by atoms with van der Waals surface area (Å²) in [5.74, 6) is 0.251. The summed E-state index contributed by atoms with van der Waals surface area (Å²) < 4.78 is 2.00. The second kappa shape index (κ2) is 6.56. The molecule has 0 aliphatic rings. The molecule has 1 amide bonds. The zero-order valence-electron chi connectivity index (χ0n) is 13.2. The third kappa shape index (κ3) is 3.36. The normalized spacial score (nSPS) is 11.1. The molecule has 3 rings (SSSR count). The van der Waals surface area contributed by atoms with Crippen LogP contribution in [-0.2, 0) is 13.1 Å². The second-order valence-corrected chi connectivity index (χ2v) is 5.81. The predicted octanol–water partition coefficient (Wildman–Crippen LogP) is 2.41. The SMILES string of the molecule is CC(C)Cn1nc(CNC(=O)c2cnccn2)c2ccccc21. The highest BCUT2D eigenvalue weighted by Gasteiger charge is 2.13. The van der Waals surface area contributed by atoms with Crippen molar-refractivity contribution in [2.75, 3.05) is 0 Å². The first-order valence-corrected chi connectivity index (χ1v) is 7.64. The molecule has 3 aromatic rings. The van der Waals surface area contributed by atoms with Gasteiger partial charge in [-0.2, -0.15) is 5.10 Å². The molecule has 1 aromatic carbocycles. The van der Waals surface area contributed by atoms with Gasteiger partial charge < -0.3 is 5.32 Å². The Morgan fingerprint density at radius 3 is 2.83 bits per heavy atom. The molecule has 0 aliphatic carbocycles. The molecule has 0 radical (unpaired) electrons. The predicted molar refractivity (Wildman–Crippen MR) is 87.8 cm³/mol. The lowest BCUT2D eigenvalue weighted by molar-refractivity contribution is 0.0945. The van der Waals surface area contributed by atoms with E-state index < -0.39 is 0 Å². The number of benzene rings is 1. The van der Waals surface area contributed by atoms with Crippen molar-refractivity contribution in [1.82, 2.24) is 25.1 Å². The first-order chi connectivity index (χ1) is 11.1. The molecule has 0 atom stereocenters. The van der Waals surface area contributed by atoms with Crippen molar-refractivity contribution in [3.05, 3.63) is 54.2 Å². The van der Waals surface area contributed by atoms with Crippen molar-refractivity contribution >= 4 is 16.8 Å². The average molecular weight is 309 g/mol. The molecule has 118 valence electrons. The topological polar surface area (TPSA) is 72.7 Å². The maximum atomic E-state index is 12.1. The monoisotopic (exact) mass is 309 g/mol. The van der Waals surface area contributed by atoms with Crippen molar-refractivity contribution in [3.63, 3.8) is 0 Å². The molecule has 6 heteroatoms. The van der Waals surface area contributed by atoms with Gasteiger partial charge in [-0.05, 0) is 12.0 Å². The van der Waals surface area contributed by atoms with Crippen LogP contribution in [0.25, 0.3) is 10.9 Å². The van der Waals surface area contributed by atoms with Crippen LogP contribution in [0.5, 0.6) is 0 Å². The van der Waals surface area contributed by atoms with Gasteiger partial charge in [-0.3, -0.25) is 14.5 Å². The van der Waals surface area contributed by atoms with Gasteiger partial charge in [-0.25, -0.2) is 4.98 Å². The largest absolute Gasteiger partial charge is 0.345 e. The number of carbonyl (C=O) groups excluding carboxylic acids is 1. The van der Waals surface area contributed by atoms with E-state index in [2.05, 4.69) is 40.3 Å². The third-order valence-electron chi connectivity index (χ3n) is 3.48. The summed E-state index contributed by atoms with van der Waals surface area (Å²) in [6.07, 6.45) is 4.49. The summed E-state index contributed by atoms with van der Waals surface area (Å²) in [6, 6.07) is 8.07. The van der Waals surface area contributed by atoms with Crippen LogP contribution in [0.2, 0.25) is 0 Å². The minimum atomic E-state index is -0.249. The summed E-state index contributed by atoms with van der Waals surface area (Å²) >= 11 is 0. The summed E-state index contributed by atoms with van der Waals surface area (Å²) in [4.78, 5) is 20.0. The fourth-order valence-corrected chi connectivity index (χ4v) is 2.48. The van der Waals surface area contributed by atoms with E-state index in [4.69, 9.17) is 0 Å². The van der Waals surface area contributed by atoms with Crippen LogP contribution in [-0.4, -0.2) is 25.7 Å². The van der Waals surface area contributed by atoms with Gasteiger partial charge in [0.05, 0.1) is 24.0 Å². The van der Waals surface area contributed by atoms with Crippen LogP contribution in [0.3, 0.4) is 0 Å². The van der Waals surface area contributed by atoms with Gasteiger partial charge in [0.25, 0.3) is 5.91 Å². The van der Waals surface area contributed by atoms with Crippen molar-refractivity contribution in [2.45, 2.75) is 26.9 Å². The van der Waals surface area contributed by atoms with Crippen LogP contribution >= 0.6 is 0 Å². The maximum Gasteiger partial charge on any atom is 0.271 e. The molecule has 0 bridgehead atoms. The van der Waals surface area contributed by atoms with E-state index in [0.717, 1.165) is 23.1 Å². The summed E-state index contributed by atoms with van der Waals surface area (Å²) in [6.45, 7) is 5.53. The first kappa shape index (κ1) is 15.1. The molecule has 0 unspecified atom stereocenters. The van der Waals surface area contributed by atoms with Crippen molar-refractivity contribution in [3.8, 4) is 0 Å². The minimum absolute atomic E-state index is 0.249. The van der Waals surface area contributed by atoms with E-state index in [9.17, 15) is 4.79 Å². The van der Waals surface area contributed by atoms with Gasteiger partial charge in [0, 0.05) is 24.3 Å². The van der Waals surface area contributed by atoms with E-state index in [0.29, 0.717) is 18.2 Å². The lowest BCUT2D eigenvalue weighted by atomic mass is 10.2. The molecule has 2 heterocycles. The van der Waals surface area contributed by atoms with Gasteiger partial charge in [-0.15, -0.1) is 0 Å². The van der Waals surface area contributed by atoms with Gasteiger partial charge in [0.15, 0.2) is 0 Å². The number of carbonyl (C=O) groups is 1. The standard InChI is InChI=1S/C17H19N5O/c1-12(2)11-22-16-6-4-3-5-13(16)14(21-22)10-20-17(23)15-9-18-7-8-19-15/h3-9,12H,10-11H2,1-2H3,(H,20,23). The molecule has 0 aliphatic heterocycles. The highest BCUT2D eigenvalue weighted by Crippen LogP contribution is 2.19. The number of nitrogens with zero attached hydrogens (tertiary/aromatic N) is 4. The Balaban J connectivity index is 1.81. The number of aromatic nitrogens is 4. The Labute approximate surface area is 134 Å². The summed E-state index contributed by atoms with van der Waals surface area (Å²) in [5.41, 5.74) is 2.25. The number of fused-ring (bicyclic) bond motifs is 1. The molecule has 6 nitrogen and oxygen atoms in total. The van der Waals surface area contributed by atoms with E-state index in [1.54, 1.807) is 0 Å². The van der Waals surface area contributed by atoms with Crippen molar-refractivity contribution in [2.24, 2.45) is 5.92 Å². The zero-order valence-corrected chi connectivity index (χ0v) is 13.2. The fraction of sp³-hybridized carbons (Fsp3) is 0.294. The highest BCUT2D eigenvalue weighted by atomic mass is 16.1. The van der Waals surface area contributed by atoms with Crippen molar-refractivity contribution in [1.29, 1.82) is 0 Å². The van der Waals surface area contributed by atoms with E-state index in [-0.39, 0.29) is 5.91 Å². The van der Waals surface area contributed by atoms with Crippen molar-refractivity contribution < 1.29 is 4.79 Å². The maximum absolute atomic E-state index is 12.1. The molecule has 2 aromatic heterocycles. The number of nitrogens with one attached hydrogen (secondary N) is 1. The first-order valence-electron chi connectivity index (χ1n) is 7.64. The fourth-order valence-electron chi connectivity index (χ4n) is 2.48. The van der Waals surface area contributed by atoms with Gasteiger partial charge in [0.2, 0.25) is 0 Å². The van der Waals surface area contributed by atoms with Gasteiger partial charge in [0.1, 0.15) is 5.69 Å². The lowest BCUT2D eigenvalue weighted by Crippen LogP contribution is -2.24. The number of hydrogen-bond acceptors (Lipinski definition) is 4. The van der Waals surface area contributed by atoms with E-state index in [1.807, 2.05) is 22.9 Å². The van der Waals surface area contributed by atoms with E-state index >= 15 is 0 Å². The van der Waals surface area contributed by atoms with Crippen LogP contribution in [0.1, 0.15) is 30.0 Å². The molecule has 0 fully saturated rings. The smallest absolute Gasteiger partial charge is 0.271 e. The van der Waals surface area contributed by atoms with Gasteiger partial charge in [-0.1, -0.05) is 32.0 Å². The summed E-state index contributed by atoms with van der Waals surface area (Å²) in [7, 11) is 0. The Morgan fingerprint density at radius 1 is 1.26 bits per heavy atom. The quantitative estimate of drug-likeness (QED) is 0.785. The number of rotatable bonds is 5. The Hall–Kier alpha value is -2.76. The Morgan fingerprint density at radius 2 is 2.09 bits per heavy atom. The highest BCUT2D eigenvalue weighted by molar-refractivity contribution is 5.92. The second-order valence-electron chi connectivity index (χ2n) is 5.81. The van der Waals surface area contributed by atoms with Crippen LogP contribution in [0.15, 0.2) is 42.9 Å². The number of amides is 1. The molecule has 0 spiro atoms. The molecule has 23 heavy (non-hydrogen) atoms. The molecule has 1 N–H and O–H groups in total. The van der Waals surface area contributed by atoms with Crippen LogP contribution < -0.4 is 5.32 Å². The molecular weight excluding hydrogens is 290 g/mol. The minimum Gasteiger partial charge on any atom is -0.345 e. The van der Waals surface area contributed by atoms with E-state index in [1.165, 1.54) is 18.6 Å². The Kier molecular flexibility index (Phi) is 4.32. The number of hydrogen-bond donors (Lipinski definition) is 1. The Bertz CT molecular complexity index is 810. The third-order valence-corrected chi connectivity index (χ3v) is 3.48. The van der Waals surface area contributed by atoms with Gasteiger partial charge >= 0.3 is 0 Å².